The van der Waals surface area contributed by atoms with E-state index in [0.717, 1.165) is 40.0 Å². The Morgan fingerprint density at radius 2 is 1.97 bits per heavy atom. The number of fused-ring (bicyclic) bond motifs is 1. The summed E-state index contributed by atoms with van der Waals surface area (Å²) < 4.78 is 8.51. The van der Waals surface area contributed by atoms with Crippen LogP contribution in [0.3, 0.4) is 0 Å². The molecule has 30 heavy (non-hydrogen) atoms. The van der Waals surface area contributed by atoms with E-state index in [-0.39, 0.29) is 11.8 Å². The first-order valence-corrected chi connectivity index (χ1v) is 10.3. The van der Waals surface area contributed by atoms with E-state index < -0.39 is 0 Å². The average molecular weight is 411 g/mol. The van der Waals surface area contributed by atoms with Crippen molar-refractivity contribution >= 4 is 38.3 Å². The molecule has 2 radical (unpaired) electrons. The molecule has 0 bridgehead atoms. The van der Waals surface area contributed by atoms with E-state index in [0.29, 0.717) is 18.2 Å². The summed E-state index contributed by atoms with van der Waals surface area (Å²) in [7, 11) is 0. The summed E-state index contributed by atoms with van der Waals surface area (Å²) >= 11 is 2.57. The van der Waals surface area contributed by atoms with Gasteiger partial charge in [-0.3, -0.25) is 15.1 Å². The lowest BCUT2D eigenvalue weighted by atomic mass is 10.1. The molecule has 1 fully saturated rings. The summed E-state index contributed by atoms with van der Waals surface area (Å²) in [5.74, 6) is 1.22. The summed E-state index contributed by atoms with van der Waals surface area (Å²) in [6.07, 6.45) is 3.69. The van der Waals surface area contributed by atoms with Crippen molar-refractivity contribution in [1.29, 1.82) is 0 Å². The van der Waals surface area contributed by atoms with Gasteiger partial charge in [-0.15, -0.1) is 5.10 Å². The molecule has 3 aromatic heterocycles. The molecule has 8 heteroatoms. The first-order valence-electron chi connectivity index (χ1n) is 9.76. The molecular weight excluding hydrogens is 393 g/mol. The van der Waals surface area contributed by atoms with Crippen LogP contribution in [-0.4, -0.2) is 41.8 Å². The van der Waals surface area contributed by atoms with E-state index in [4.69, 9.17) is 4.74 Å². The zero-order valence-corrected chi connectivity index (χ0v) is 17.3. The predicted octanol–water partition coefficient (Wildman–Crippen LogP) is 2.51. The summed E-state index contributed by atoms with van der Waals surface area (Å²) in [5, 5.41) is 7.29. The van der Waals surface area contributed by atoms with E-state index in [2.05, 4.69) is 36.7 Å². The fraction of sp³-hybridized carbons (Fsp3) is 0.182. The first-order chi connectivity index (χ1) is 14.7. The summed E-state index contributed by atoms with van der Waals surface area (Å²) in [6, 6.07) is 17.5. The number of nitrogens with zero attached hydrogens (tertiary/aromatic N) is 4. The second-order valence-electron chi connectivity index (χ2n) is 7.28. The van der Waals surface area contributed by atoms with Crippen molar-refractivity contribution in [2.45, 2.75) is 19.4 Å². The number of amides is 1. The molecule has 3 heterocycles. The molecule has 0 atom stereocenters. The largest absolute Gasteiger partial charge is 0.489 e. The van der Waals surface area contributed by atoms with Gasteiger partial charge in [0.2, 0.25) is 28.1 Å². The van der Waals surface area contributed by atoms with Crippen molar-refractivity contribution in [3.8, 4) is 17.0 Å². The van der Waals surface area contributed by atoms with Gasteiger partial charge >= 0.3 is 0 Å². The molecular formula is C22H18AlN5O2. The molecule has 1 aliphatic rings. The molecule has 1 saturated carbocycles. The molecule has 5 rings (SSSR count). The number of carbonyl (C=O) groups excluding carboxylic acids is 1. The Morgan fingerprint density at radius 3 is 2.70 bits per heavy atom. The molecule has 0 aliphatic heterocycles. The van der Waals surface area contributed by atoms with Gasteiger partial charge in [-0.25, -0.2) is 4.52 Å². The molecule has 1 aliphatic carbocycles. The molecule has 0 saturated heterocycles. The number of ether oxygens (including phenoxy) is 1. The van der Waals surface area contributed by atoms with Crippen LogP contribution in [0.15, 0.2) is 60.8 Å². The minimum atomic E-state index is -0.00325. The standard InChI is InChI=1S/C22H18N5O2.Al/c28-21(17-6-7-17)25-22-24-20-5-1-4-19(27(20)26-22)16-8-10-18(11-9-16)29-14-15-3-2-12-23-13-15;/h1-5,8-11,13,17H,6-7,14H2,(H,25,26,28);. The van der Waals surface area contributed by atoms with E-state index in [1.54, 1.807) is 4.52 Å². The zero-order valence-electron chi connectivity index (χ0n) is 16.2. The maximum absolute atomic E-state index is 12.0. The number of hydrogen-bond acceptors (Lipinski definition) is 5. The molecule has 7 nitrogen and oxygen atoms in total. The van der Waals surface area contributed by atoms with E-state index in [1.165, 1.54) is 0 Å². The van der Waals surface area contributed by atoms with Gasteiger partial charge in [0.25, 0.3) is 0 Å². The second kappa shape index (κ2) is 7.90. The van der Waals surface area contributed by atoms with E-state index >= 15 is 0 Å². The number of benzene rings is 1. The van der Waals surface area contributed by atoms with Crippen molar-refractivity contribution < 1.29 is 9.53 Å². The minimum Gasteiger partial charge on any atom is -0.489 e. The number of aromatic nitrogens is 4. The fourth-order valence-electron chi connectivity index (χ4n) is 3.14. The highest BCUT2D eigenvalue weighted by Crippen LogP contribution is 2.30. The third-order valence-corrected chi connectivity index (χ3v) is 5.29. The van der Waals surface area contributed by atoms with Crippen LogP contribution >= 0.6 is 0 Å². The zero-order chi connectivity index (χ0) is 20.5. The van der Waals surface area contributed by atoms with Gasteiger partial charge in [0.1, 0.15) is 12.4 Å². The van der Waals surface area contributed by atoms with Crippen LogP contribution in [-0.2, 0) is 11.4 Å². The Bertz CT molecular complexity index is 1200. The van der Waals surface area contributed by atoms with Crippen molar-refractivity contribution in [3.63, 3.8) is 0 Å². The third kappa shape index (κ3) is 4.06. The molecule has 146 valence electrons. The number of nitrogens with one attached hydrogen (secondary N) is 1. The van der Waals surface area contributed by atoms with Crippen molar-refractivity contribution in [1.82, 2.24) is 19.6 Å². The van der Waals surface area contributed by atoms with Crippen molar-refractivity contribution in [2.24, 2.45) is 5.92 Å². The van der Waals surface area contributed by atoms with Crippen LogP contribution in [0.4, 0.5) is 5.95 Å². The van der Waals surface area contributed by atoms with Crippen LogP contribution in [0.1, 0.15) is 18.4 Å². The number of rotatable bonds is 6. The topological polar surface area (TPSA) is 81.4 Å². The Hall–Kier alpha value is -3.21. The lowest BCUT2D eigenvalue weighted by Gasteiger charge is -2.08. The molecule has 4 aromatic rings. The normalized spacial score (nSPS) is 13.3. The number of pyridine rings is 2. The summed E-state index contributed by atoms with van der Waals surface area (Å²) in [4.78, 5) is 20.7. The first kappa shape index (κ1) is 18.8. The average Bonchev–Trinajstić information content (AvgIpc) is 3.54. The lowest BCUT2D eigenvalue weighted by molar-refractivity contribution is -0.117. The van der Waals surface area contributed by atoms with Crippen LogP contribution < -0.4 is 14.6 Å². The molecule has 0 spiro atoms. The van der Waals surface area contributed by atoms with Crippen LogP contribution in [0.2, 0.25) is 0 Å². The Labute approximate surface area is 181 Å². The second-order valence-corrected chi connectivity index (χ2v) is 7.88. The van der Waals surface area contributed by atoms with Gasteiger partial charge in [0.05, 0.1) is 5.69 Å². The van der Waals surface area contributed by atoms with Crippen molar-refractivity contribution in [3.05, 3.63) is 66.4 Å². The minimum absolute atomic E-state index is 0.00325. The maximum Gasteiger partial charge on any atom is 0.249 e. The number of anilines is 1. The highest BCUT2D eigenvalue weighted by molar-refractivity contribution is 6.30. The number of hydrogen-bond donors (Lipinski definition) is 1. The van der Waals surface area contributed by atoms with Gasteiger partial charge in [0.15, 0.2) is 5.65 Å². The summed E-state index contributed by atoms with van der Waals surface area (Å²) in [5.41, 5.74) is 3.56. The van der Waals surface area contributed by atoms with E-state index in [1.807, 2.05) is 60.8 Å². The predicted molar refractivity (Wildman–Crippen MR) is 114 cm³/mol. The number of carbonyl (C=O) groups is 1. The van der Waals surface area contributed by atoms with Gasteiger partial charge in [-0.1, -0.05) is 22.8 Å². The molecule has 1 amide bonds. The Kier molecular flexibility index (Phi) is 4.95. The van der Waals surface area contributed by atoms with E-state index in [9.17, 15) is 4.79 Å². The molecule has 1 N–H and O–H groups in total. The quantitative estimate of drug-likeness (QED) is 0.493. The fourth-order valence-corrected chi connectivity index (χ4v) is 3.32. The highest BCUT2D eigenvalue weighted by Gasteiger charge is 2.30. The van der Waals surface area contributed by atoms with Crippen LogP contribution in [0.25, 0.3) is 16.9 Å². The summed E-state index contributed by atoms with van der Waals surface area (Å²) in [6.45, 7) is 0.458. The van der Waals surface area contributed by atoms with Crippen molar-refractivity contribution in [2.75, 3.05) is 5.32 Å². The molecule has 0 unspecified atom stereocenters. The maximum atomic E-state index is 12.0. The molecule has 1 aromatic carbocycles. The SMILES string of the molecule is O=C(Nc1nc2cccc(-c3ccc(OCc4cc[c]([Al])nc4)cc3)n2n1)C1CC1. The third-order valence-electron chi connectivity index (χ3n) is 4.95. The highest BCUT2D eigenvalue weighted by atomic mass is 27.0. The Balaban J connectivity index is 1.33. The Morgan fingerprint density at radius 1 is 1.13 bits per heavy atom. The van der Waals surface area contributed by atoms with Crippen LogP contribution in [0, 0.1) is 5.92 Å². The van der Waals surface area contributed by atoms with Gasteiger partial charge < -0.3 is 4.74 Å². The van der Waals surface area contributed by atoms with Gasteiger partial charge in [0, 0.05) is 23.2 Å². The lowest BCUT2D eigenvalue weighted by Crippen LogP contribution is -2.14. The van der Waals surface area contributed by atoms with Crippen LogP contribution in [0.5, 0.6) is 5.75 Å². The van der Waals surface area contributed by atoms with Gasteiger partial charge in [-0.2, -0.15) is 4.98 Å². The smallest absolute Gasteiger partial charge is 0.249 e. The van der Waals surface area contributed by atoms with Gasteiger partial charge in [-0.05, 0) is 49.2 Å². The monoisotopic (exact) mass is 411 g/mol.